The number of nitrogens with zero attached hydrogens (tertiary/aromatic N) is 1. The van der Waals surface area contributed by atoms with Gasteiger partial charge in [0.15, 0.2) is 0 Å². The lowest BCUT2D eigenvalue weighted by molar-refractivity contribution is 0.0489. The van der Waals surface area contributed by atoms with Crippen molar-refractivity contribution < 1.29 is 9.47 Å². The van der Waals surface area contributed by atoms with Gasteiger partial charge in [-0.05, 0) is 58.9 Å². The van der Waals surface area contributed by atoms with E-state index in [1.54, 1.807) is 7.11 Å². The number of piperidine rings is 1. The summed E-state index contributed by atoms with van der Waals surface area (Å²) in [5, 5.41) is 3.82. The fourth-order valence-corrected chi connectivity index (χ4v) is 4.98. The van der Waals surface area contributed by atoms with E-state index in [-0.39, 0.29) is 11.1 Å². The number of nitrogens with one attached hydrogen (secondary N) is 1. The van der Waals surface area contributed by atoms with Gasteiger partial charge in [-0.2, -0.15) is 0 Å². The Hall–Kier alpha value is -1.10. The maximum absolute atomic E-state index is 5.66. The zero-order chi connectivity index (χ0) is 18.8. The lowest BCUT2D eigenvalue weighted by Gasteiger charge is -2.50. The summed E-state index contributed by atoms with van der Waals surface area (Å²) in [6.07, 6.45) is 3.51. The molecule has 2 heterocycles. The topological polar surface area (TPSA) is 33.7 Å². The van der Waals surface area contributed by atoms with Gasteiger partial charge >= 0.3 is 0 Å². The molecule has 0 aromatic heterocycles. The van der Waals surface area contributed by atoms with E-state index in [1.165, 1.54) is 24.8 Å². The second kappa shape index (κ2) is 7.87. The zero-order valence-electron chi connectivity index (χ0n) is 17.2. The van der Waals surface area contributed by atoms with Gasteiger partial charge in [-0.15, -0.1) is 0 Å². The van der Waals surface area contributed by atoms with E-state index in [9.17, 15) is 0 Å². The molecule has 1 atom stereocenters. The molecule has 0 radical (unpaired) electrons. The van der Waals surface area contributed by atoms with Crippen LogP contribution in [0, 0.1) is 5.92 Å². The van der Waals surface area contributed by atoms with Crippen LogP contribution < -0.4 is 10.1 Å². The number of hydrogen-bond donors (Lipinski definition) is 1. The van der Waals surface area contributed by atoms with E-state index < -0.39 is 0 Å². The number of para-hydroxylation sites is 1. The number of benzene rings is 1. The first-order valence-corrected chi connectivity index (χ1v) is 10.0. The molecule has 1 aromatic carbocycles. The highest BCUT2D eigenvalue weighted by atomic mass is 16.5. The van der Waals surface area contributed by atoms with Crippen LogP contribution in [0.4, 0.5) is 0 Å². The summed E-state index contributed by atoms with van der Waals surface area (Å²) in [6.45, 7) is 13.2. The van der Waals surface area contributed by atoms with Gasteiger partial charge in [-0.3, -0.25) is 4.90 Å². The van der Waals surface area contributed by atoms with Gasteiger partial charge in [0.25, 0.3) is 0 Å². The van der Waals surface area contributed by atoms with Crippen LogP contribution in [0.2, 0.25) is 0 Å². The van der Waals surface area contributed by atoms with Crippen LogP contribution in [-0.2, 0) is 11.3 Å². The first kappa shape index (κ1) is 19.7. The average Bonchev–Trinajstić information content (AvgIpc) is 3.05. The Morgan fingerprint density at radius 3 is 2.46 bits per heavy atom. The second-order valence-electron chi connectivity index (χ2n) is 9.43. The van der Waals surface area contributed by atoms with Gasteiger partial charge in [0, 0.05) is 42.4 Å². The molecule has 0 aliphatic carbocycles. The van der Waals surface area contributed by atoms with E-state index in [0.717, 1.165) is 32.1 Å². The van der Waals surface area contributed by atoms with Crippen molar-refractivity contribution in [3.05, 3.63) is 29.8 Å². The van der Waals surface area contributed by atoms with Crippen molar-refractivity contribution in [1.29, 1.82) is 0 Å². The Morgan fingerprint density at radius 1 is 1.15 bits per heavy atom. The van der Waals surface area contributed by atoms with Crippen molar-refractivity contribution in [2.75, 3.05) is 26.9 Å². The van der Waals surface area contributed by atoms with Crippen LogP contribution in [0.3, 0.4) is 0 Å². The smallest absolute Gasteiger partial charge is 0.123 e. The van der Waals surface area contributed by atoms with Gasteiger partial charge in [0.2, 0.25) is 0 Å². The van der Waals surface area contributed by atoms with Crippen LogP contribution in [0.1, 0.15) is 52.5 Å². The first-order chi connectivity index (χ1) is 12.3. The molecular weight excluding hydrogens is 324 g/mol. The molecule has 0 spiro atoms. The van der Waals surface area contributed by atoms with Crippen LogP contribution >= 0.6 is 0 Å². The average molecular weight is 361 g/mol. The van der Waals surface area contributed by atoms with E-state index >= 15 is 0 Å². The summed E-state index contributed by atoms with van der Waals surface area (Å²) in [6, 6.07) is 9.00. The van der Waals surface area contributed by atoms with Crippen molar-refractivity contribution in [3.63, 3.8) is 0 Å². The Balaban J connectivity index is 1.82. The predicted octanol–water partition coefficient (Wildman–Crippen LogP) is 3.84. The highest BCUT2D eigenvalue weighted by Gasteiger charge is 2.40. The van der Waals surface area contributed by atoms with Crippen molar-refractivity contribution in [2.24, 2.45) is 5.92 Å². The molecule has 1 aromatic rings. The Morgan fingerprint density at radius 2 is 1.85 bits per heavy atom. The lowest BCUT2D eigenvalue weighted by atomic mass is 9.78. The quantitative estimate of drug-likeness (QED) is 0.836. The minimum absolute atomic E-state index is 0.150. The predicted molar refractivity (Wildman–Crippen MR) is 107 cm³/mol. The molecule has 4 heteroatoms. The number of methoxy groups -OCH3 is 1. The minimum atomic E-state index is 0.150. The van der Waals surface area contributed by atoms with Gasteiger partial charge in [0.05, 0.1) is 13.7 Å². The fourth-order valence-electron chi connectivity index (χ4n) is 4.98. The van der Waals surface area contributed by atoms with Crippen LogP contribution in [0.15, 0.2) is 24.3 Å². The van der Waals surface area contributed by atoms with Crippen LogP contribution in [-0.4, -0.2) is 48.9 Å². The SMILES string of the molecule is COc1ccccc1CN(CC1CCOC1)C1CC(C)(C)NC(C)(C)C1. The van der Waals surface area contributed by atoms with Crippen molar-refractivity contribution in [2.45, 2.75) is 70.6 Å². The first-order valence-electron chi connectivity index (χ1n) is 10.0. The molecular formula is C22H36N2O2. The molecule has 0 saturated carbocycles. The number of ether oxygens (including phenoxy) is 2. The highest BCUT2D eigenvalue weighted by molar-refractivity contribution is 5.33. The minimum Gasteiger partial charge on any atom is -0.496 e. The summed E-state index contributed by atoms with van der Waals surface area (Å²) < 4.78 is 11.3. The second-order valence-corrected chi connectivity index (χ2v) is 9.43. The summed E-state index contributed by atoms with van der Waals surface area (Å²) in [5.74, 6) is 1.64. The Kier molecular flexibility index (Phi) is 5.95. The lowest BCUT2D eigenvalue weighted by Crippen LogP contribution is -2.62. The van der Waals surface area contributed by atoms with Gasteiger partial charge in [-0.1, -0.05) is 18.2 Å². The molecule has 0 amide bonds. The Labute approximate surface area is 159 Å². The molecule has 4 nitrogen and oxygen atoms in total. The zero-order valence-corrected chi connectivity index (χ0v) is 17.2. The third-order valence-corrected chi connectivity index (χ3v) is 5.77. The fraction of sp³-hybridized carbons (Fsp3) is 0.727. The number of hydrogen-bond acceptors (Lipinski definition) is 4. The van der Waals surface area contributed by atoms with Gasteiger partial charge in [-0.25, -0.2) is 0 Å². The number of rotatable bonds is 6. The third kappa shape index (κ3) is 4.99. The molecule has 146 valence electrons. The van der Waals surface area contributed by atoms with Crippen molar-refractivity contribution >= 4 is 0 Å². The maximum atomic E-state index is 5.66. The van der Waals surface area contributed by atoms with Crippen LogP contribution in [0.5, 0.6) is 5.75 Å². The molecule has 2 aliphatic rings. The van der Waals surface area contributed by atoms with Crippen LogP contribution in [0.25, 0.3) is 0 Å². The third-order valence-electron chi connectivity index (χ3n) is 5.77. The molecule has 3 rings (SSSR count). The van der Waals surface area contributed by atoms with Gasteiger partial charge < -0.3 is 14.8 Å². The van der Waals surface area contributed by atoms with Crippen molar-refractivity contribution in [3.8, 4) is 5.75 Å². The summed E-state index contributed by atoms with van der Waals surface area (Å²) in [7, 11) is 1.77. The summed E-state index contributed by atoms with van der Waals surface area (Å²) in [4.78, 5) is 2.70. The molecule has 1 N–H and O–H groups in total. The monoisotopic (exact) mass is 360 g/mol. The molecule has 0 bridgehead atoms. The molecule has 2 aliphatic heterocycles. The standard InChI is InChI=1S/C22H36N2O2/c1-21(2)12-19(13-22(3,4)23-21)24(14-17-10-11-26-16-17)15-18-8-6-7-9-20(18)25-5/h6-9,17,19,23H,10-16H2,1-5H3. The van der Waals surface area contributed by atoms with E-state index in [4.69, 9.17) is 9.47 Å². The van der Waals surface area contributed by atoms with E-state index in [1.807, 2.05) is 6.07 Å². The van der Waals surface area contributed by atoms with Gasteiger partial charge in [0.1, 0.15) is 5.75 Å². The Bertz CT molecular complexity index is 578. The molecule has 1 unspecified atom stereocenters. The normalized spacial score (nSPS) is 25.5. The molecule has 2 saturated heterocycles. The largest absolute Gasteiger partial charge is 0.496 e. The van der Waals surface area contributed by atoms with Crippen molar-refractivity contribution in [1.82, 2.24) is 10.2 Å². The summed E-state index contributed by atoms with van der Waals surface area (Å²) in [5.41, 5.74) is 1.58. The van der Waals surface area contributed by atoms with E-state index in [2.05, 4.69) is 56.1 Å². The maximum Gasteiger partial charge on any atom is 0.123 e. The highest BCUT2D eigenvalue weighted by Crippen LogP contribution is 2.34. The summed E-state index contributed by atoms with van der Waals surface area (Å²) >= 11 is 0. The van der Waals surface area contributed by atoms with E-state index in [0.29, 0.717) is 12.0 Å². The molecule has 2 fully saturated rings. The molecule has 26 heavy (non-hydrogen) atoms.